The van der Waals surface area contributed by atoms with E-state index in [1.807, 2.05) is 0 Å². The molecule has 0 N–H and O–H groups in total. The van der Waals surface area contributed by atoms with Gasteiger partial charge in [-0.2, -0.15) is 0 Å². The Morgan fingerprint density at radius 3 is 1.30 bits per heavy atom. The summed E-state index contributed by atoms with van der Waals surface area (Å²) in [6, 6.07) is 9.43. The fraction of sp³-hybridized carbons (Fsp3) is 0.700. The highest BCUT2D eigenvalue weighted by atomic mass is 14.4. The predicted octanol–water partition coefficient (Wildman–Crippen LogP) is 6.13. The van der Waals surface area contributed by atoms with E-state index in [0.29, 0.717) is 10.8 Å². The number of hydrogen-bond donors (Lipinski definition) is 0. The van der Waals surface area contributed by atoms with E-state index in [-0.39, 0.29) is 0 Å². The summed E-state index contributed by atoms with van der Waals surface area (Å²) < 4.78 is 0. The first-order valence-corrected chi connectivity index (χ1v) is 8.74. The molecule has 0 radical (unpaired) electrons. The van der Waals surface area contributed by atoms with Crippen molar-refractivity contribution in [1.82, 2.24) is 0 Å². The summed E-state index contributed by atoms with van der Waals surface area (Å²) in [5.74, 6) is 0. The first kappa shape index (κ1) is 14.2. The van der Waals surface area contributed by atoms with Gasteiger partial charge in [0.1, 0.15) is 0 Å². The predicted molar refractivity (Wildman–Crippen MR) is 87.3 cm³/mol. The molecule has 0 atom stereocenters. The summed E-state index contributed by atoms with van der Waals surface area (Å²) in [6.45, 7) is 5.05. The van der Waals surface area contributed by atoms with E-state index in [1.165, 1.54) is 64.2 Å². The molecule has 1 aromatic carbocycles. The van der Waals surface area contributed by atoms with Gasteiger partial charge in [0.15, 0.2) is 0 Å². The van der Waals surface area contributed by atoms with Crippen LogP contribution in [0.2, 0.25) is 0 Å². The van der Waals surface area contributed by atoms with Gasteiger partial charge in [-0.25, -0.2) is 0 Å². The maximum atomic E-state index is 2.52. The average Bonchev–Trinajstić information content (AvgIpc) is 2.49. The molecule has 0 aliphatic heterocycles. The van der Waals surface area contributed by atoms with Gasteiger partial charge in [-0.05, 0) is 47.6 Å². The Hall–Kier alpha value is -0.780. The van der Waals surface area contributed by atoms with Crippen LogP contribution in [0, 0.1) is 0 Å². The van der Waals surface area contributed by atoms with Gasteiger partial charge in [-0.1, -0.05) is 76.6 Å². The van der Waals surface area contributed by atoms with Crippen molar-refractivity contribution in [2.45, 2.75) is 88.9 Å². The van der Waals surface area contributed by atoms with Gasteiger partial charge in [-0.15, -0.1) is 0 Å². The molecule has 0 nitrogen and oxygen atoms in total. The Labute approximate surface area is 125 Å². The van der Waals surface area contributed by atoms with Crippen LogP contribution < -0.4 is 0 Å². The highest BCUT2D eigenvalue weighted by molar-refractivity contribution is 5.39. The Morgan fingerprint density at radius 2 is 0.950 bits per heavy atom. The second kappa shape index (κ2) is 5.54. The fourth-order valence-electron chi connectivity index (χ4n) is 4.74. The van der Waals surface area contributed by atoms with Gasteiger partial charge in [0.05, 0.1) is 0 Å². The molecule has 3 rings (SSSR count). The first-order valence-electron chi connectivity index (χ1n) is 8.74. The molecule has 2 saturated carbocycles. The fourth-order valence-corrected chi connectivity index (χ4v) is 4.74. The normalized spacial score (nSPS) is 25.3. The third kappa shape index (κ3) is 2.54. The molecule has 20 heavy (non-hydrogen) atoms. The molecule has 110 valence electrons. The van der Waals surface area contributed by atoms with E-state index < -0.39 is 0 Å². The lowest BCUT2D eigenvalue weighted by Crippen LogP contribution is -2.32. The summed E-state index contributed by atoms with van der Waals surface area (Å²) in [4.78, 5) is 0. The average molecular weight is 270 g/mol. The third-order valence-corrected chi connectivity index (χ3v) is 6.14. The van der Waals surface area contributed by atoms with Gasteiger partial charge in [0.2, 0.25) is 0 Å². The zero-order chi connectivity index (χ0) is 14.1. The molecule has 2 aliphatic carbocycles. The molecule has 1 aromatic rings. The molecule has 0 heterocycles. The lowest BCUT2D eigenvalue weighted by atomic mass is 9.63. The van der Waals surface area contributed by atoms with E-state index >= 15 is 0 Å². The second-order valence-electron chi connectivity index (χ2n) is 7.79. The van der Waals surface area contributed by atoms with Gasteiger partial charge >= 0.3 is 0 Å². The van der Waals surface area contributed by atoms with Crippen LogP contribution >= 0.6 is 0 Å². The Morgan fingerprint density at radius 1 is 0.600 bits per heavy atom. The van der Waals surface area contributed by atoms with Crippen LogP contribution in [0.25, 0.3) is 0 Å². The maximum Gasteiger partial charge on any atom is -0.00723 e. The van der Waals surface area contributed by atoms with Crippen molar-refractivity contribution in [3.8, 4) is 0 Å². The van der Waals surface area contributed by atoms with Crippen LogP contribution in [0.1, 0.15) is 89.2 Å². The van der Waals surface area contributed by atoms with Crippen molar-refractivity contribution >= 4 is 0 Å². The quantitative estimate of drug-likeness (QED) is 0.606. The molecule has 0 bridgehead atoms. The summed E-state index contributed by atoms with van der Waals surface area (Å²) in [5.41, 5.74) is 4.25. The Balaban J connectivity index is 1.99. The van der Waals surface area contributed by atoms with Crippen molar-refractivity contribution in [2.75, 3.05) is 0 Å². The maximum absolute atomic E-state index is 2.52. The van der Waals surface area contributed by atoms with Crippen molar-refractivity contribution in [1.29, 1.82) is 0 Å². The monoisotopic (exact) mass is 270 g/mol. The van der Waals surface area contributed by atoms with Crippen LogP contribution in [-0.4, -0.2) is 0 Å². The molecular weight excluding hydrogens is 240 g/mol. The van der Waals surface area contributed by atoms with Gasteiger partial charge < -0.3 is 0 Å². The summed E-state index contributed by atoms with van der Waals surface area (Å²) >= 11 is 0. The van der Waals surface area contributed by atoms with E-state index in [1.54, 1.807) is 11.1 Å². The lowest BCUT2D eigenvalue weighted by molar-refractivity contribution is 0.289. The van der Waals surface area contributed by atoms with Crippen LogP contribution in [0.4, 0.5) is 0 Å². The van der Waals surface area contributed by atoms with Crippen molar-refractivity contribution in [3.05, 3.63) is 35.4 Å². The third-order valence-electron chi connectivity index (χ3n) is 6.14. The minimum absolute atomic E-state index is 0.440. The van der Waals surface area contributed by atoms with Crippen LogP contribution in [0.5, 0.6) is 0 Å². The molecule has 0 unspecified atom stereocenters. The summed E-state index contributed by atoms with van der Waals surface area (Å²) in [6.07, 6.45) is 14.1. The van der Waals surface area contributed by atoms with Crippen molar-refractivity contribution < 1.29 is 0 Å². The molecule has 0 heteroatoms. The molecule has 2 aliphatic rings. The Bertz CT molecular complexity index is 402. The second-order valence-corrected chi connectivity index (χ2v) is 7.79. The molecule has 2 fully saturated rings. The minimum atomic E-state index is 0.440. The van der Waals surface area contributed by atoms with Gasteiger partial charge in [0, 0.05) is 0 Å². The topological polar surface area (TPSA) is 0 Å². The highest BCUT2D eigenvalue weighted by Crippen LogP contribution is 2.47. The van der Waals surface area contributed by atoms with Crippen molar-refractivity contribution in [3.63, 3.8) is 0 Å². The van der Waals surface area contributed by atoms with Crippen LogP contribution in [0.15, 0.2) is 24.3 Å². The molecule has 0 spiro atoms. The van der Waals surface area contributed by atoms with Crippen LogP contribution in [0.3, 0.4) is 0 Å². The molecule has 0 saturated heterocycles. The standard InChI is InChI=1S/C20H30/c1-19(13-7-3-8-14-19)17-11-5-6-12-18(17)20(2)15-9-4-10-16-20/h5-6,11-12H,3-4,7-10,13-16H2,1-2H3. The smallest absolute Gasteiger partial charge is 0.00723 e. The highest BCUT2D eigenvalue weighted by Gasteiger charge is 2.36. The van der Waals surface area contributed by atoms with Gasteiger partial charge in [0.25, 0.3) is 0 Å². The molecule has 0 aromatic heterocycles. The molecular formula is C20H30. The van der Waals surface area contributed by atoms with Crippen LogP contribution in [-0.2, 0) is 10.8 Å². The van der Waals surface area contributed by atoms with E-state index in [4.69, 9.17) is 0 Å². The van der Waals surface area contributed by atoms with E-state index in [9.17, 15) is 0 Å². The lowest BCUT2D eigenvalue weighted by Gasteiger charge is -2.42. The zero-order valence-electron chi connectivity index (χ0n) is 13.4. The van der Waals surface area contributed by atoms with E-state index in [2.05, 4.69) is 38.1 Å². The Kier molecular flexibility index (Phi) is 3.93. The van der Waals surface area contributed by atoms with Crippen molar-refractivity contribution in [2.24, 2.45) is 0 Å². The molecule has 0 amide bonds. The number of benzene rings is 1. The number of rotatable bonds is 2. The largest absolute Gasteiger partial charge is 0.0620 e. The summed E-state index contributed by atoms with van der Waals surface area (Å²) in [7, 11) is 0. The minimum Gasteiger partial charge on any atom is -0.0620 e. The number of hydrogen-bond acceptors (Lipinski definition) is 0. The first-order chi connectivity index (χ1) is 9.64. The van der Waals surface area contributed by atoms with Gasteiger partial charge in [-0.3, -0.25) is 0 Å². The SMILES string of the molecule is CC1(c2ccccc2C2(C)CCCCC2)CCCCC1. The van der Waals surface area contributed by atoms with E-state index in [0.717, 1.165) is 0 Å². The summed E-state index contributed by atoms with van der Waals surface area (Å²) in [5, 5.41) is 0. The zero-order valence-corrected chi connectivity index (χ0v) is 13.4.